The van der Waals surface area contributed by atoms with Crippen molar-refractivity contribution in [3.8, 4) is 11.4 Å². The minimum absolute atomic E-state index is 0.105. The summed E-state index contributed by atoms with van der Waals surface area (Å²) in [5, 5.41) is 3.79. The van der Waals surface area contributed by atoms with E-state index in [4.69, 9.17) is 28.9 Å². The van der Waals surface area contributed by atoms with E-state index in [1.807, 2.05) is 19.1 Å². The van der Waals surface area contributed by atoms with Gasteiger partial charge >= 0.3 is 0 Å². The fourth-order valence-electron chi connectivity index (χ4n) is 2.61. The Bertz CT molecular complexity index is 897. The first-order chi connectivity index (χ1) is 12.0. The molecule has 0 radical (unpaired) electrons. The molecule has 1 aromatic heterocycles. The molecule has 7 heteroatoms. The number of nitrogens with one attached hydrogen (secondary N) is 2. The second kappa shape index (κ2) is 7.44. The molecule has 3 aromatic rings. The number of rotatable bonds is 5. The average molecular weight is 377 g/mol. The van der Waals surface area contributed by atoms with Crippen molar-refractivity contribution >= 4 is 40.1 Å². The molecule has 130 valence electrons. The van der Waals surface area contributed by atoms with Crippen molar-refractivity contribution in [1.29, 1.82) is 0 Å². The Kier molecular flexibility index (Phi) is 5.27. The number of aromatic nitrogens is 2. The highest BCUT2D eigenvalue weighted by molar-refractivity contribution is 6.42. The minimum Gasteiger partial charge on any atom is -0.352 e. The molecule has 0 saturated heterocycles. The summed E-state index contributed by atoms with van der Waals surface area (Å²) >= 11 is 12.1. The van der Waals surface area contributed by atoms with Crippen LogP contribution in [-0.4, -0.2) is 29.0 Å². The van der Waals surface area contributed by atoms with Gasteiger partial charge < -0.3 is 16.0 Å². The number of H-pyrrole nitrogens is 1. The van der Waals surface area contributed by atoms with Crippen LogP contribution >= 0.6 is 23.2 Å². The van der Waals surface area contributed by atoms with Gasteiger partial charge in [-0.25, -0.2) is 4.98 Å². The molecule has 2 aromatic carbocycles. The lowest BCUT2D eigenvalue weighted by molar-refractivity contribution is 0.0953. The maximum absolute atomic E-state index is 12.1. The molecule has 25 heavy (non-hydrogen) atoms. The van der Waals surface area contributed by atoms with E-state index in [2.05, 4.69) is 15.3 Å². The molecule has 5 nitrogen and oxygen atoms in total. The number of benzene rings is 2. The summed E-state index contributed by atoms with van der Waals surface area (Å²) < 4.78 is 0. The number of carbonyl (C=O) groups is 1. The van der Waals surface area contributed by atoms with Gasteiger partial charge in [0, 0.05) is 17.7 Å². The van der Waals surface area contributed by atoms with E-state index in [0.717, 1.165) is 28.6 Å². The summed E-state index contributed by atoms with van der Waals surface area (Å²) in [6, 6.07) is 9.00. The van der Waals surface area contributed by atoms with Gasteiger partial charge in [-0.15, -0.1) is 0 Å². The number of halogens is 2. The normalized spacial score (nSPS) is 11.0. The van der Waals surface area contributed by atoms with Gasteiger partial charge in [-0.3, -0.25) is 4.79 Å². The van der Waals surface area contributed by atoms with Gasteiger partial charge in [0.25, 0.3) is 5.91 Å². The van der Waals surface area contributed by atoms with Crippen molar-refractivity contribution in [2.45, 2.75) is 13.3 Å². The smallest absolute Gasteiger partial charge is 0.251 e. The molecule has 1 heterocycles. The SMILES string of the molecule is Cc1cc(C(=O)NCCCN)ccc1-c1nc2cc(Cl)c(Cl)cc2[nH]1. The number of amides is 1. The summed E-state index contributed by atoms with van der Waals surface area (Å²) in [7, 11) is 0. The van der Waals surface area contributed by atoms with E-state index in [1.165, 1.54) is 0 Å². The lowest BCUT2D eigenvalue weighted by atomic mass is 10.0. The quantitative estimate of drug-likeness (QED) is 0.589. The van der Waals surface area contributed by atoms with Gasteiger partial charge in [0.2, 0.25) is 0 Å². The number of fused-ring (bicyclic) bond motifs is 1. The third kappa shape index (κ3) is 3.79. The predicted octanol–water partition coefficient (Wildman–Crippen LogP) is 3.92. The maximum atomic E-state index is 12.1. The number of nitrogens with zero attached hydrogens (tertiary/aromatic N) is 1. The van der Waals surface area contributed by atoms with Crippen molar-refractivity contribution in [2.24, 2.45) is 5.73 Å². The first-order valence-corrected chi connectivity index (χ1v) is 8.69. The number of imidazole rings is 1. The van der Waals surface area contributed by atoms with Crippen molar-refractivity contribution < 1.29 is 4.79 Å². The summed E-state index contributed by atoms with van der Waals surface area (Å²) in [6.07, 6.45) is 0.757. The van der Waals surface area contributed by atoms with Crippen LogP contribution in [0, 0.1) is 6.92 Å². The average Bonchev–Trinajstić information content (AvgIpc) is 2.97. The van der Waals surface area contributed by atoms with E-state index < -0.39 is 0 Å². The highest BCUT2D eigenvalue weighted by Gasteiger charge is 2.12. The van der Waals surface area contributed by atoms with Crippen LogP contribution in [0.25, 0.3) is 22.4 Å². The zero-order chi connectivity index (χ0) is 18.0. The minimum atomic E-state index is -0.105. The van der Waals surface area contributed by atoms with Crippen molar-refractivity contribution in [2.75, 3.05) is 13.1 Å². The lowest BCUT2D eigenvalue weighted by Gasteiger charge is -2.07. The molecule has 3 rings (SSSR count). The highest BCUT2D eigenvalue weighted by atomic mass is 35.5. The second-order valence-electron chi connectivity index (χ2n) is 5.80. The maximum Gasteiger partial charge on any atom is 0.251 e. The molecule has 0 unspecified atom stereocenters. The first kappa shape index (κ1) is 17.7. The zero-order valence-electron chi connectivity index (χ0n) is 13.7. The van der Waals surface area contributed by atoms with E-state index in [-0.39, 0.29) is 5.91 Å². The van der Waals surface area contributed by atoms with Crippen LogP contribution in [-0.2, 0) is 0 Å². The van der Waals surface area contributed by atoms with E-state index in [1.54, 1.807) is 18.2 Å². The van der Waals surface area contributed by atoms with E-state index >= 15 is 0 Å². The lowest BCUT2D eigenvalue weighted by Crippen LogP contribution is -2.26. The Morgan fingerprint density at radius 1 is 1.24 bits per heavy atom. The molecular formula is C18H18Cl2N4O. The Morgan fingerprint density at radius 3 is 2.72 bits per heavy atom. The number of aromatic amines is 1. The van der Waals surface area contributed by atoms with Crippen LogP contribution in [0.5, 0.6) is 0 Å². The van der Waals surface area contributed by atoms with Crippen LogP contribution in [0.3, 0.4) is 0 Å². The van der Waals surface area contributed by atoms with Crippen molar-refractivity contribution in [1.82, 2.24) is 15.3 Å². The standard InChI is InChI=1S/C18H18Cl2N4O/c1-10-7-11(18(25)22-6-2-5-21)3-4-12(10)17-23-15-8-13(19)14(20)9-16(15)24-17/h3-4,7-9H,2,5-6,21H2,1H3,(H,22,25)(H,23,24). The Morgan fingerprint density at radius 2 is 2.00 bits per heavy atom. The third-order valence-corrected chi connectivity index (χ3v) is 4.66. The zero-order valence-corrected chi connectivity index (χ0v) is 15.2. The number of carbonyl (C=O) groups excluding carboxylic acids is 1. The van der Waals surface area contributed by atoms with Gasteiger partial charge in [0.05, 0.1) is 21.1 Å². The second-order valence-corrected chi connectivity index (χ2v) is 6.61. The summed E-state index contributed by atoms with van der Waals surface area (Å²) in [6.45, 7) is 3.07. The molecule has 0 fully saturated rings. The van der Waals surface area contributed by atoms with Gasteiger partial charge in [-0.1, -0.05) is 29.3 Å². The number of aryl methyl sites for hydroxylation is 1. The van der Waals surface area contributed by atoms with Gasteiger partial charge in [0.15, 0.2) is 0 Å². The Balaban J connectivity index is 1.89. The molecule has 0 aliphatic carbocycles. The molecule has 0 atom stereocenters. The van der Waals surface area contributed by atoms with Crippen molar-refractivity contribution in [3.05, 3.63) is 51.5 Å². The Labute approximate surface area is 155 Å². The molecule has 0 spiro atoms. The summed E-state index contributed by atoms with van der Waals surface area (Å²) in [5.74, 6) is 0.604. The van der Waals surface area contributed by atoms with Crippen LogP contribution in [0.15, 0.2) is 30.3 Å². The van der Waals surface area contributed by atoms with Gasteiger partial charge in [0.1, 0.15) is 5.82 Å². The fraction of sp³-hybridized carbons (Fsp3) is 0.222. The van der Waals surface area contributed by atoms with Crippen molar-refractivity contribution in [3.63, 3.8) is 0 Å². The molecule has 0 aliphatic rings. The molecule has 0 aliphatic heterocycles. The van der Waals surface area contributed by atoms with Gasteiger partial charge in [-0.05, 0) is 49.7 Å². The number of nitrogens with two attached hydrogens (primary N) is 1. The van der Waals surface area contributed by atoms with Crippen LogP contribution in [0.1, 0.15) is 22.3 Å². The monoisotopic (exact) mass is 376 g/mol. The molecule has 0 saturated carbocycles. The van der Waals surface area contributed by atoms with Crippen LogP contribution in [0.2, 0.25) is 10.0 Å². The predicted molar refractivity (Wildman–Crippen MR) is 102 cm³/mol. The largest absolute Gasteiger partial charge is 0.352 e. The summed E-state index contributed by atoms with van der Waals surface area (Å²) in [4.78, 5) is 19.9. The Hall–Kier alpha value is -2.08. The van der Waals surface area contributed by atoms with Crippen LogP contribution < -0.4 is 11.1 Å². The molecular weight excluding hydrogens is 359 g/mol. The van der Waals surface area contributed by atoms with E-state index in [0.29, 0.717) is 34.5 Å². The number of hydrogen-bond donors (Lipinski definition) is 3. The fourth-order valence-corrected chi connectivity index (χ4v) is 2.93. The number of hydrogen-bond acceptors (Lipinski definition) is 3. The summed E-state index contributed by atoms with van der Waals surface area (Å²) in [5.41, 5.74) is 9.47. The molecule has 0 bridgehead atoms. The van der Waals surface area contributed by atoms with E-state index in [9.17, 15) is 4.79 Å². The van der Waals surface area contributed by atoms with Gasteiger partial charge in [-0.2, -0.15) is 0 Å². The molecule has 4 N–H and O–H groups in total. The highest BCUT2D eigenvalue weighted by Crippen LogP contribution is 2.30. The third-order valence-electron chi connectivity index (χ3n) is 3.93. The first-order valence-electron chi connectivity index (χ1n) is 7.93. The topological polar surface area (TPSA) is 83.8 Å². The van der Waals surface area contributed by atoms with Crippen LogP contribution in [0.4, 0.5) is 0 Å². The molecule has 1 amide bonds.